The molecule has 10 heteroatoms. The number of hydrogen-bond acceptors (Lipinski definition) is 7. The number of thioether (sulfide) groups is 2. The second-order valence-corrected chi connectivity index (χ2v) is 8.59. The lowest BCUT2D eigenvalue weighted by Gasteiger charge is -2.53. The summed E-state index contributed by atoms with van der Waals surface area (Å²) >= 11 is 2.34. The van der Waals surface area contributed by atoms with Crippen molar-refractivity contribution in [1.29, 1.82) is 10.5 Å². The van der Waals surface area contributed by atoms with Gasteiger partial charge in [-0.05, 0) is 12.1 Å². The van der Waals surface area contributed by atoms with Crippen LogP contribution in [0.1, 0.15) is 12.0 Å². The summed E-state index contributed by atoms with van der Waals surface area (Å²) in [6, 6.07) is 9.77. The zero-order valence-corrected chi connectivity index (χ0v) is 15.5. The third-order valence-electron chi connectivity index (χ3n) is 4.31. The Morgan fingerprint density at radius 1 is 1.41 bits per heavy atom. The first-order valence-electron chi connectivity index (χ1n) is 7.92. The minimum Gasteiger partial charge on any atom is -0.480 e. The van der Waals surface area contributed by atoms with Crippen LogP contribution in [0.15, 0.2) is 29.2 Å². The Kier molecular flexibility index (Phi) is 5.31. The maximum absolute atomic E-state index is 12.4. The van der Waals surface area contributed by atoms with E-state index in [-0.39, 0.29) is 30.0 Å². The van der Waals surface area contributed by atoms with Crippen molar-refractivity contribution in [2.24, 2.45) is 0 Å². The van der Waals surface area contributed by atoms with Gasteiger partial charge < -0.3 is 15.3 Å². The molecule has 0 saturated carbocycles. The number of carboxylic acids is 1. The van der Waals surface area contributed by atoms with Gasteiger partial charge in [-0.2, -0.15) is 10.5 Å². The number of amides is 2. The lowest BCUT2D eigenvalue weighted by atomic mass is 10.0. The summed E-state index contributed by atoms with van der Waals surface area (Å²) < 4.78 is -1.29. The van der Waals surface area contributed by atoms with E-state index >= 15 is 0 Å². The van der Waals surface area contributed by atoms with Crippen LogP contribution in [0.25, 0.3) is 0 Å². The Morgan fingerprint density at radius 3 is 2.81 bits per heavy atom. The maximum atomic E-state index is 12.4. The number of hydrogen-bond donors (Lipinski definition) is 2. The van der Waals surface area contributed by atoms with Crippen molar-refractivity contribution in [3.8, 4) is 12.1 Å². The smallest absolute Gasteiger partial charge is 0.322 e. The van der Waals surface area contributed by atoms with Crippen molar-refractivity contribution >= 4 is 41.3 Å². The third kappa shape index (κ3) is 3.46. The number of carbonyl (C=O) groups is 3. The minimum atomic E-state index is -1.29. The normalized spacial score (nSPS) is 26.1. The van der Waals surface area contributed by atoms with Crippen LogP contribution in [0, 0.1) is 22.7 Å². The summed E-state index contributed by atoms with van der Waals surface area (Å²) in [5, 5.41) is 29.8. The van der Waals surface area contributed by atoms with E-state index in [1.54, 1.807) is 30.3 Å². The molecule has 2 saturated heterocycles. The molecule has 2 heterocycles. The number of nitrogens with one attached hydrogen (secondary N) is 1. The van der Waals surface area contributed by atoms with Gasteiger partial charge in [0.05, 0.1) is 11.6 Å². The zero-order valence-electron chi connectivity index (χ0n) is 13.9. The van der Waals surface area contributed by atoms with Crippen LogP contribution in [0.2, 0.25) is 0 Å². The van der Waals surface area contributed by atoms with Crippen molar-refractivity contribution in [3.63, 3.8) is 0 Å². The largest absolute Gasteiger partial charge is 0.480 e. The van der Waals surface area contributed by atoms with Crippen molar-refractivity contribution < 1.29 is 19.5 Å². The van der Waals surface area contributed by atoms with Gasteiger partial charge in [0.15, 0.2) is 0 Å². The SMILES string of the molecule is N#CCC(=O)N[C@@H]1C(=O)N2CC(Sc3ccccc3C#N)(C(=O)O)CS[C@H]12. The molecule has 138 valence electrons. The molecule has 3 atom stereocenters. The Bertz CT molecular complexity index is 894. The van der Waals surface area contributed by atoms with Crippen LogP contribution < -0.4 is 5.32 Å². The van der Waals surface area contributed by atoms with Crippen LogP contribution in [0.4, 0.5) is 0 Å². The molecule has 2 N–H and O–H groups in total. The predicted octanol–water partition coefficient (Wildman–Crippen LogP) is 0.787. The predicted molar refractivity (Wildman–Crippen MR) is 97.5 cm³/mol. The lowest BCUT2D eigenvalue weighted by molar-refractivity contribution is -0.152. The highest BCUT2D eigenvalue weighted by Gasteiger charge is 2.58. The van der Waals surface area contributed by atoms with Crippen LogP contribution in [0.3, 0.4) is 0 Å². The fourth-order valence-electron chi connectivity index (χ4n) is 2.94. The van der Waals surface area contributed by atoms with E-state index in [1.807, 2.05) is 6.07 Å². The second kappa shape index (κ2) is 7.51. The molecule has 2 amide bonds. The van der Waals surface area contributed by atoms with Gasteiger partial charge in [-0.15, -0.1) is 23.5 Å². The Morgan fingerprint density at radius 2 is 2.15 bits per heavy atom. The first-order valence-corrected chi connectivity index (χ1v) is 9.78. The fraction of sp³-hybridized carbons (Fsp3) is 0.353. The molecule has 0 bridgehead atoms. The molecule has 8 nitrogen and oxygen atoms in total. The quantitative estimate of drug-likeness (QED) is 0.690. The minimum absolute atomic E-state index is 0.0200. The highest BCUT2D eigenvalue weighted by molar-refractivity contribution is 8.05. The van der Waals surface area contributed by atoms with E-state index in [2.05, 4.69) is 5.32 Å². The van der Waals surface area contributed by atoms with Gasteiger partial charge in [0.2, 0.25) is 11.8 Å². The molecule has 2 aliphatic rings. The number of benzene rings is 1. The van der Waals surface area contributed by atoms with E-state index in [0.29, 0.717) is 10.5 Å². The number of carbonyl (C=O) groups excluding carboxylic acids is 2. The van der Waals surface area contributed by atoms with Crippen LogP contribution >= 0.6 is 23.5 Å². The number of carboxylic acid groups (broad SMARTS) is 1. The van der Waals surface area contributed by atoms with E-state index in [0.717, 1.165) is 11.8 Å². The van der Waals surface area contributed by atoms with Gasteiger partial charge in [-0.3, -0.25) is 14.4 Å². The van der Waals surface area contributed by atoms with E-state index < -0.39 is 22.7 Å². The molecule has 0 spiro atoms. The highest BCUT2D eigenvalue weighted by atomic mass is 32.2. The highest BCUT2D eigenvalue weighted by Crippen LogP contribution is 2.46. The standard InChI is InChI=1S/C17H14N4O4S2/c18-6-5-12(22)20-13-14(23)21-8-17(16(24)25,9-26-15(13)21)27-11-4-2-1-3-10(11)7-19/h1-4,13,15H,5,8-9H2,(H,20,22)(H,24,25)/t13-,15-,17?/m1/s1. The number of nitriles is 2. The summed E-state index contributed by atoms with van der Waals surface area (Å²) in [7, 11) is 0. The second-order valence-electron chi connectivity index (χ2n) is 6.06. The average Bonchev–Trinajstić information content (AvgIpc) is 2.66. The molecule has 2 aliphatic heterocycles. The van der Waals surface area contributed by atoms with Gasteiger partial charge in [-0.25, -0.2) is 0 Å². The fourth-order valence-corrected chi connectivity index (χ4v) is 5.85. The topological polar surface area (TPSA) is 134 Å². The van der Waals surface area contributed by atoms with Crippen molar-refractivity contribution in [2.45, 2.75) is 27.5 Å². The molecular formula is C17H14N4O4S2. The molecule has 0 radical (unpaired) electrons. The number of aliphatic carboxylic acids is 1. The summed E-state index contributed by atoms with van der Waals surface area (Å²) in [5.74, 6) is -1.73. The summed E-state index contributed by atoms with van der Waals surface area (Å²) in [6.45, 7) is -0.0200. The summed E-state index contributed by atoms with van der Waals surface area (Å²) in [6.07, 6.45) is -0.332. The third-order valence-corrected chi connectivity index (χ3v) is 7.44. The van der Waals surface area contributed by atoms with Crippen molar-refractivity contribution in [1.82, 2.24) is 10.2 Å². The number of β-lactam (4-membered cyclic amide) rings is 1. The maximum Gasteiger partial charge on any atom is 0.322 e. The number of fused-ring (bicyclic) bond motifs is 1. The average molecular weight is 402 g/mol. The lowest BCUT2D eigenvalue weighted by Crippen LogP contribution is -2.74. The van der Waals surface area contributed by atoms with Gasteiger partial charge in [0.25, 0.3) is 0 Å². The molecule has 27 heavy (non-hydrogen) atoms. The first-order chi connectivity index (χ1) is 12.9. The van der Waals surface area contributed by atoms with Crippen LogP contribution in [0.5, 0.6) is 0 Å². The summed E-state index contributed by atoms with van der Waals surface area (Å²) in [4.78, 5) is 38.0. The van der Waals surface area contributed by atoms with Crippen LogP contribution in [-0.2, 0) is 14.4 Å². The van der Waals surface area contributed by atoms with Gasteiger partial charge in [0.1, 0.15) is 28.7 Å². The Balaban J connectivity index is 1.77. The number of nitrogens with zero attached hydrogens (tertiary/aromatic N) is 3. The Labute approximate surface area is 163 Å². The molecule has 1 aromatic carbocycles. The molecule has 1 unspecified atom stereocenters. The van der Waals surface area contributed by atoms with Gasteiger partial charge in [0, 0.05) is 17.2 Å². The van der Waals surface area contributed by atoms with E-state index in [4.69, 9.17) is 5.26 Å². The van der Waals surface area contributed by atoms with Crippen molar-refractivity contribution in [3.05, 3.63) is 29.8 Å². The monoisotopic (exact) mass is 402 g/mol. The zero-order chi connectivity index (χ0) is 19.6. The molecule has 0 aromatic heterocycles. The molecular weight excluding hydrogens is 388 g/mol. The van der Waals surface area contributed by atoms with E-state index in [9.17, 15) is 24.8 Å². The Hall–Kier alpha value is -2.69. The van der Waals surface area contributed by atoms with Gasteiger partial charge in [-0.1, -0.05) is 12.1 Å². The molecule has 1 aromatic rings. The van der Waals surface area contributed by atoms with E-state index in [1.165, 1.54) is 16.7 Å². The molecule has 3 rings (SSSR count). The van der Waals surface area contributed by atoms with Crippen LogP contribution in [-0.4, -0.2) is 56.3 Å². The first kappa shape index (κ1) is 19.1. The van der Waals surface area contributed by atoms with Gasteiger partial charge >= 0.3 is 5.97 Å². The van der Waals surface area contributed by atoms with Crippen molar-refractivity contribution in [2.75, 3.05) is 12.3 Å². The molecule has 0 aliphatic carbocycles. The summed E-state index contributed by atoms with van der Waals surface area (Å²) in [5.41, 5.74) is 0.381. The molecule has 2 fully saturated rings. The number of rotatable bonds is 5.